The van der Waals surface area contributed by atoms with E-state index >= 15 is 0 Å². The molecule has 174 valence electrons. The van der Waals surface area contributed by atoms with Crippen LogP contribution in [0.1, 0.15) is 52.3 Å². The summed E-state index contributed by atoms with van der Waals surface area (Å²) in [5.41, 5.74) is -0.178. The number of benzene rings is 1. The Balaban J connectivity index is 1.18. The molecule has 1 saturated carbocycles. The van der Waals surface area contributed by atoms with Gasteiger partial charge in [0.15, 0.2) is 0 Å². The Morgan fingerprint density at radius 3 is 2.62 bits per heavy atom. The molecule has 2 fully saturated rings. The van der Waals surface area contributed by atoms with Crippen LogP contribution in [0.25, 0.3) is 11.5 Å². The third kappa shape index (κ3) is 5.58. The Morgan fingerprint density at radius 1 is 1.25 bits per heavy atom. The standard InChI is InChI=1S/C24H32FN3O4/c1-15-26-27-22(31-15)19-6-5-18(14-21(19)25)30-12-9-17-13-20(17)16-7-10-28(11-8-16)23(29)32-24(2,3)4/h5-6,14,16-17,20H,7-13H2,1-4H3. The highest BCUT2D eigenvalue weighted by atomic mass is 19.1. The molecule has 7 nitrogen and oxygen atoms in total. The number of carbonyl (C=O) groups excluding carboxylic acids is 1. The molecule has 1 saturated heterocycles. The second-order valence-electron chi connectivity index (χ2n) is 9.87. The molecule has 1 amide bonds. The van der Waals surface area contributed by atoms with E-state index < -0.39 is 11.4 Å². The smallest absolute Gasteiger partial charge is 0.410 e. The highest BCUT2D eigenvalue weighted by molar-refractivity contribution is 5.68. The summed E-state index contributed by atoms with van der Waals surface area (Å²) in [7, 11) is 0. The van der Waals surface area contributed by atoms with E-state index in [2.05, 4.69) is 10.2 Å². The normalized spacial score (nSPS) is 21.5. The number of amides is 1. The van der Waals surface area contributed by atoms with Crippen molar-refractivity contribution < 1.29 is 23.1 Å². The highest BCUT2D eigenvalue weighted by Gasteiger charge is 2.43. The molecule has 32 heavy (non-hydrogen) atoms. The van der Waals surface area contributed by atoms with Crippen LogP contribution in [0.15, 0.2) is 22.6 Å². The number of likely N-dealkylation sites (tertiary alicyclic amines) is 1. The number of piperidine rings is 1. The number of aryl methyl sites for hydroxylation is 1. The number of hydrogen-bond acceptors (Lipinski definition) is 6. The summed E-state index contributed by atoms with van der Waals surface area (Å²) in [6.45, 7) is 9.45. The maximum absolute atomic E-state index is 14.4. The van der Waals surface area contributed by atoms with E-state index in [9.17, 15) is 9.18 Å². The molecular weight excluding hydrogens is 413 g/mol. The molecule has 2 heterocycles. The van der Waals surface area contributed by atoms with Crippen LogP contribution in [0.4, 0.5) is 9.18 Å². The lowest BCUT2D eigenvalue weighted by molar-refractivity contribution is 0.0174. The Hall–Kier alpha value is -2.64. The van der Waals surface area contributed by atoms with E-state index in [0.29, 0.717) is 36.0 Å². The lowest BCUT2D eigenvalue weighted by atomic mass is 9.90. The molecule has 0 N–H and O–H groups in total. The molecule has 4 rings (SSSR count). The van der Waals surface area contributed by atoms with Gasteiger partial charge in [0.05, 0.1) is 12.2 Å². The quantitative estimate of drug-likeness (QED) is 0.605. The van der Waals surface area contributed by atoms with Crippen LogP contribution < -0.4 is 4.74 Å². The average Bonchev–Trinajstić information content (AvgIpc) is 3.37. The number of rotatable bonds is 6. The fourth-order valence-corrected chi connectivity index (χ4v) is 4.51. The van der Waals surface area contributed by atoms with E-state index in [4.69, 9.17) is 13.9 Å². The maximum Gasteiger partial charge on any atom is 0.410 e. The number of hydrogen-bond donors (Lipinski definition) is 0. The molecule has 0 spiro atoms. The molecule has 1 aromatic heterocycles. The lowest BCUT2D eigenvalue weighted by Crippen LogP contribution is -2.42. The first-order valence-corrected chi connectivity index (χ1v) is 11.4. The van der Waals surface area contributed by atoms with Gasteiger partial charge in [-0.3, -0.25) is 0 Å². The number of ether oxygens (including phenoxy) is 2. The molecule has 2 atom stereocenters. The third-order valence-electron chi connectivity index (χ3n) is 6.23. The van der Waals surface area contributed by atoms with E-state index in [-0.39, 0.29) is 17.5 Å². The van der Waals surface area contributed by atoms with Gasteiger partial charge in [0.25, 0.3) is 5.89 Å². The fraction of sp³-hybridized carbons (Fsp3) is 0.625. The van der Waals surface area contributed by atoms with Crippen molar-refractivity contribution in [3.8, 4) is 17.2 Å². The largest absolute Gasteiger partial charge is 0.493 e. The van der Waals surface area contributed by atoms with Gasteiger partial charge in [0, 0.05) is 26.1 Å². The van der Waals surface area contributed by atoms with Crippen molar-refractivity contribution in [3.05, 3.63) is 29.9 Å². The summed E-state index contributed by atoms with van der Waals surface area (Å²) < 4.78 is 30.9. The third-order valence-corrected chi connectivity index (χ3v) is 6.23. The Morgan fingerprint density at radius 2 is 2.00 bits per heavy atom. The number of carbonyl (C=O) groups is 1. The molecule has 2 aromatic rings. The zero-order valence-corrected chi connectivity index (χ0v) is 19.3. The first-order valence-electron chi connectivity index (χ1n) is 11.4. The van der Waals surface area contributed by atoms with Gasteiger partial charge in [-0.1, -0.05) is 0 Å². The second kappa shape index (κ2) is 9.08. The SMILES string of the molecule is Cc1nnc(-c2ccc(OCCC3CC3C3CCN(C(=O)OC(C)(C)C)CC3)cc2F)o1. The van der Waals surface area contributed by atoms with E-state index in [0.717, 1.165) is 32.4 Å². The van der Waals surface area contributed by atoms with Crippen molar-refractivity contribution >= 4 is 6.09 Å². The van der Waals surface area contributed by atoms with E-state index in [1.54, 1.807) is 19.1 Å². The summed E-state index contributed by atoms with van der Waals surface area (Å²) >= 11 is 0. The minimum atomic E-state index is -0.454. The Bertz CT molecular complexity index is 947. The molecule has 2 aliphatic rings. The molecule has 1 aliphatic carbocycles. The average molecular weight is 446 g/mol. The molecule has 0 radical (unpaired) electrons. The summed E-state index contributed by atoms with van der Waals surface area (Å²) in [6, 6.07) is 4.70. The van der Waals surface area contributed by atoms with Gasteiger partial charge >= 0.3 is 6.09 Å². The van der Waals surface area contributed by atoms with Crippen LogP contribution in [-0.4, -0.2) is 46.5 Å². The van der Waals surface area contributed by atoms with Gasteiger partial charge in [-0.2, -0.15) is 0 Å². The van der Waals surface area contributed by atoms with Gasteiger partial charge in [-0.05, 0) is 76.3 Å². The fourth-order valence-electron chi connectivity index (χ4n) is 4.51. The predicted molar refractivity (Wildman–Crippen MR) is 117 cm³/mol. The van der Waals surface area contributed by atoms with Gasteiger partial charge in [0.2, 0.25) is 5.89 Å². The van der Waals surface area contributed by atoms with Gasteiger partial charge < -0.3 is 18.8 Å². The molecule has 0 bridgehead atoms. The Labute approximate surface area is 188 Å². The highest BCUT2D eigenvalue weighted by Crippen LogP contribution is 2.49. The van der Waals surface area contributed by atoms with Crippen LogP contribution >= 0.6 is 0 Å². The minimum absolute atomic E-state index is 0.171. The van der Waals surface area contributed by atoms with Gasteiger partial charge in [0.1, 0.15) is 17.2 Å². The monoisotopic (exact) mass is 445 g/mol. The van der Waals surface area contributed by atoms with Crippen LogP contribution in [0, 0.1) is 30.5 Å². The summed E-state index contributed by atoms with van der Waals surface area (Å²) in [5, 5.41) is 7.59. The van der Waals surface area contributed by atoms with Crippen molar-refractivity contribution in [2.45, 2.75) is 59.0 Å². The second-order valence-corrected chi connectivity index (χ2v) is 9.87. The van der Waals surface area contributed by atoms with Crippen molar-refractivity contribution in [1.82, 2.24) is 15.1 Å². The zero-order valence-electron chi connectivity index (χ0n) is 19.3. The predicted octanol–water partition coefficient (Wildman–Crippen LogP) is 5.24. The zero-order chi connectivity index (χ0) is 22.9. The first-order chi connectivity index (χ1) is 15.2. The molecule has 8 heteroatoms. The molecule has 2 unspecified atom stereocenters. The van der Waals surface area contributed by atoms with Crippen LogP contribution in [0.3, 0.4) is 0 Å². The van der Waals surface area contributed by atoms with Gasteiger partial charge in [-0.15, -0.1) is 10.2 Å². The molecule has 1 aliphatic heterocycles. The Kier molecular flexibility index (Phi) is 6.40. The van der Waals surface area contributed by atoms with Gasteiger partial charge in [-0.25, -0.2) is 9.18 Å². The molecular formula is C24H32FN3O4. The van der Waals surface area contributed by atoms with E-state index in [1.807, 2.05) is 25.7 Å². The van der Waals surface area contributed by atoms with Crippen molar-refractivity contribution in [2.75, 3.05) is 19.7 Å². The topological polar surface area (TPSA) is 77.7 Å². The number of aromatic nitrogens is 2. The summed E-state index contributed by atoms with van der Waals surface area (Å²) in [6.07, 6.45) is 4.03. The maximum atomic E-state index is 14.4. The van der Waals surface area contributed by atoms with Crippen molar-refractivity contribution in [2.24, 2.45) is 17.8 Å². The molecule has 1 aromatic carbocycles. The van der Waals surface area contributed by atoms with Crippen molar-refractivity contribution in [3.63, 3.8) is 0 Å². The summed E-state index contributed by atoms with van der Waals surface area (Å²) in [4.78, 5) is 14.1. The number of nitrogens with zero attached hydrogens (tertiary/aromatic N) is 3. The first kappa shape index (κ1) is 22.6. The number of halogens is 1. The van der Waals surface area contributed by atoms with Crippen LogP contribution in [-0.2, 0) is 4.74 Å². The summed E-state index contributed by atoms with van der Waals surface area (Å²) in [5.74, 6) is 2.66. The lowest BCUT2D eigenvalue weighted by Gasteiger charge is -2.33. The van der Waals surface area contributed by atoms with Crippen LogP contribution in [0.2, 0.25) is 0 Å². The van der Waals surface area contributed by atoms with E-state index in [1.165, 1.54) is 12.5 Å². The van der Waals surface area contributed by atoms with Crippen molar-refractivity contribution in [1.29, 1.82) is 0 Å². The minimum Gasteiger partial charge on any atom is -0.493 e. The van der Waals surface area contributed by atoms with Crippen LogP contribution in [0.5, 0.6) is 5.75 Å².